The standard InChI is InChI=1S/C14H16N4O4S2/c1-10-15-16-14(23-10)11-5-4-8-17(9-11)24(21,22)13-7-3-2-6-12(13)18(19)20/h2-3,6-7,11H,4-5,8-9H2,1H3. The van der Waals surface area contributed by atoms with Gasteiger partial charge in [0.15, 0.2) is 4.90 Å². The first-order valence-electron chi connectivity index (χ1n) is 7.43. The number of benzene rings is 1. The largest absolute Gasteiger partial charge is 0.289 e. The van der Waals surface area contributed by atoms with Crippen molar-refractivity contribution in [2.45, 2.75) is 30.6 Å². The van der Waals surface area contributed by atoms with Gasteiger partial charge in [0.05, 0.1) is 4.92 Å². The maximum Gasteiger partial charge on any atom is 0.289 e. The molecule has 1 saturated heterocycles. The molecule has 0 aliphatic carbocycles. The molecule has 0 N–H and O–H groups in total. The molecule has 8 nitrogen and oxygen atoms in total. The number of aryl methyl sites for hydroxylation is 1. The lowest BCUT2D eigenvalue weighted by atomic mass is 10.0. The third-order valence-electron chi connectivity index (χ3n) is 3.95. The fraction of sp³-hybridized carbons (Fsp3) is 0.429. The molecule has 0 bridgehead atoms. The summed E-state index contributed by atoms with van der Waals surface area (Å²) in [6, 6.07) is 5.45. The zero-order chi connectivity index (χ0) is 17.3. The minimum atomic E-state index is -3.92. The van der Waals surface area contributed by atoms with Crippen LogP contribution in [-0.4, -0.2) is 40.9 Å². The number of nitro groups is 1. The van der Waals surface area contributed by atoms with Crippen LogP contribution in [0.3, 0.4) is 0 Å². The van der Waals surface area contributed by atoms with Gasteiger partial charge in [-0.3, -0.25) is 10.1 Å². The zero-order valence-corrected chi connectivity index (χ0v) is 14.6. The van der Waals surface area contributed by atoms with E-state index in [0.29, 0.717) is 13.0 Å². The Hall–Kier alpha value is -1.91. The van der Waals surface area contributed by atoms with Crippen LogP contribution in [0.4, 0.5) is 5.69 Å². The van der Waals surface area contributed by atoms with Gasteiger partial charge >= 0.3 is 0 Å². The summed E-state index contributed by atoms with van der Waals surface area (Å²) in [7, 11) is -3.92. The highest BCUT2D eigenvalue weighted by atomic mass is 32.2. The molecule has 2 heterocycles. The van der Waals surface area contributed by atoms with Crippen LogP contribution in [0, 0.1) is 17.0 Å². The number of nitro benzene ring substituents is 1. The molecule has 24 heavy (non-hydrogen) atoms. The van der Waals surface area contributed by atoms with Crippen molar-refractivity contribution >= 4 is 27.0 Å². The molecule has 3 rings (SSSR count). The Bertz CT molecular complexity index is 865. The molecule has 128 valence electrons. The van der Waals surface area contributed by atoms with Crippen LogP contribution in [0.1, 0.15) is 28.8 Å². The lowest BCUT2D eigenvalue weighted by molar-refractivity contribution is -0.387. The van der Waals surface area contributed by atoms with Crippen LogP contribution in [0.15, 0.2) is 29.2 Å². The second kappa shape index (κ2) is 6.54. The molecule has 0 amide bonds. The molecule has 1 atom stereocenters. The molecule has 1 aliphatic rings. The highest BCUT2D eigenvalue weighted by Crippen LogP contribution is 2.33. The zero-order valence-electron chi connectivity index (χ0n) is 13.0. The molecule has 0 spiro atoms. The summed E-state index contributed by atoms with van der Waals surface area (Å²) in [5.74, 6) is -0.0255. The minimum Gasteiger partial charge on any atom is -0.258 e. The second-order valence-electron chi connectivity index (χ2n) is 5.59. The summed E-state index contributed by atoms with van der Waals surface area (Å²) in [4.78, 5) is 10.2. The van der Waals surface area contributed by atoms with Crippen molar-refractivity contribution in [3.05, 3.63) is 44.4 Å². The molecule has 10 heteroatoms. The molecule has 2 aromatic rings. The molecule has 1 aliphatic heterocycles. The molecular weight excluding hydrogens is 352 g/mol. The van der Waals surface area contributed by atoms with E-state index in [1.807, 2.05) is 6.92 Å². The molecule has 1 fully saturated rings. The van der Waals surface area contributed by atoms with E-state index in [1.54, 1.807) is 0 Å². The molecule has 1 aromatic carbocycles. The minimum absolute atomic E-state index is 0.0255. The Kier molecular flexibility index (Phi) is 4.61. The second-order valence-corrected chi connectivity index (χ2v) is 8.71. The Morgan fingerprint density at radius 2 is 2.08 bits per heavy atom. The van der Waals surface area contributed by atoms with Gasteiger partial charge in [0.25, 0.3) is 5.69 Å². The van der Waals surface area contributed by atoms with Crippen molar-refractivity contribution in [2.24, 2.45) is 0 Å². The van der Waals surface area contributed by atoms with E-state index in [1.165, 1.54) is 39.9 Å². The van der Waals surface area contributed by atoms with Crippen molar-refractivity contribution in [1.82, 2.24) is 14.5 Å². The number of piperidine rings is 1. The van der Waals surface area contributed by atoms with Gasteiger partial charge in [0.1, 0.15) is 10.0 Å². The number of rotatable bonds is 4. The third-order valence-corrected chi connectivity index (χ3v) is 6.87. The fourth-order valence-electron chi connectivity index (χ4n) is 2.80. The highest BCUT2D eigenvalue weighted by molar-refractivity contribution is 7.89. The van der Waals surface area contributed by atoms with Crippen molar-refractivity contribution in [1.29, 1.82) is 0 Å². The van der Waals surface area contributed by atoms with Gasteiger partial charge in [-0.2, -0.15) is 4.31 Å². The monoisotopic (exact) mass is 368 g/mol. The quantitative estimate of drug-likeness (QED) is 0.605. The fourth-order valence-corrected chi connectivity index (χ4v) is 5.31. The van der Waals surface area contributed by atoms with Crippen LogP contribution in [-0.2, 0) is 10.0 Å². The van der Waals surface area contributed by atoms with E-state index < -0.39 is 20.6 Å². The van der Waals surface area contributed by atoms with Crippen LogP contribution in [0.2, 0.25) is 0 Å². The van der Waals surface area contributed by atoms with E-state index in [4.69, 9.17) is 0 Å². The Labute approximate surface area is 143 Å². The summed E-state index contributed by atoms with van der Waals surface area (Å²) < 4.78 is 27.1. The maximum atomic E-state index is 12.9. The Morgan fingerprint density at radius 1 is 1.33 bits per heavy atom. The van der Waals surface area contributed by atoms with Gasteiger partial charge in [-0.25, -0.2) is 8.42 Å². The number of aromatic nitrogens is 2. The van der Waals surface area contributed by atoms with Crippen molar-refractivity contribution in [2.75, 3.05) is 13.1 Å². The number of hydrogen-bond donors (Lipinski definition) is 0. The van der Waals surface area contributed by atoms with Gasteiger partial charge in [-0.05, 0) is 25.8 Å². The third kappa shape index (κ3) is 3.17. The SMILES string of the molecule is Cc1nnc(C2CCCN(S(=O)(=O)c3ccccc3[N+](=O)[O-])C2)s1. The topological polar surface area (TPSA) is 106 Å². The molecule has 0 radical (unpaired) electrons. The first-order valence-corrected chi connectivity index (χ1v) is 9.69. The van der Waals surface area contributed by atoms with Crippen LogP contribution in [0.5, 0.6) is 0 Å². The predicted molar refractivity (Wildman–Crippen MR) is 88.5 cm³/mol. The number of sulfonamides is 1. The first-order chi connectivity index (χ1) is 11.4. The summed E-state index contributed by atoms with van der Waals surface area (Å²) in [6.07, 6.45) is 1.51. The average molecular weight is 368 g/mol. The van der Waals surface area contributed by atoms with Gasteiger partial charge in [-0.1, -0.05) is 12.1 Å². The number of para-hydroxylation sites is 1. The summed E-state index contributed by atoms with van der Waals surface area (Å²) in [5.41, 5.74) is -0.397. The van der Waals surface area contributed by atoms with Gasteiger partial charge in [0, 0.05) is 25.1 Å². The molecule has 1 aromatic heterocycles. The lowest BCUT2D eigenvalue weighted by Gasteiger charge is -2.30. The number of hydrogen-bond acceptors (Lipinski definition) is 7. The van der Waals surface area contributed by atoms with Gasteiger partial charge in [-0.15, -0.1) is 21.5 Å². The summed E-state index contributed by atoms with van der Waals surface area (Å²) in [6.45, 7) is 2.47. The Balaban J connectivity index is 1.91. The molecule has 1 unspecified atom stereocenters. The van der Waals surface area contributed by atoms with E-state index >= 15 is 0 Å². The van der Waals surface area contributed by atoms with E-state index in [0.717, 1.165) is 16.4 Å². The highest BCUT2D eigenvalue weighted by Gasteiger charge is 2.35. The summed E-state index contributed by atoms with van der Waals surface area (Å²) in [5, 5.41) is 20.9. The van der Waals surface area contributed by atoms with Crippen LogP contribution < -0.4 is 0 Å². The predicted octanol–water partition coefficient (Wildman–Crippen LogP) is 2.32. The van der Waals surface area contributed by atoms with Crippen molar-refractivity contribution < 1.29 is 13.3 Å². The van der Waals surface area contributed by atoms with Crippen LogP contribution >= 0.6 is 11.3 Å². The van der Waals surface area contributed by atoms with Gasteiger partial charge < -0.3 is 0 Å². The Morgan fingerprint density at radius 3 is 2.75 bits per heavy atom. The summed E-state index contributed by atoms with van der Waals surface area (Å²) >= 11 is 1.46. The van der Waals surface area contributed by atoms with E-state index in [-0.39, 0.29) is 17.4 Å². The molecular formula is C14H16N4O4S2. The van der Waals surface area contributed by atoms with Crippen molar-refractivity contribution in [3.63, 3.8) is 0 Å². The smallest absolute Gasteiger partial charge is 0.258 e. The maximum absolute atomic E-state index is 12.9. The lowest BCUT2D eigenvalue weighted by Crippen LogP contribution is -2.39. The number of nitrogens with zero attached hydrogens (tertiary/aromatic N) is 4. The molecule has 0 saturated carbocycles. The normalized spacial score (nSPS) is 19.3. The van der Waals surface area contributed by atoms with E-state index in [9.17, 15) is 18.5 Å². The van der Waals surface area contributed by atoms with Gasteiger partial charge in [0.2, 0.25) is 10.0 Å². The average Bonchev–Trinajstić information content (AvgIpc) is 3.01. The first kappa shape index (κ1) is 16.9. The van der Waals surface area contributed by atoms with Crippen LogP contribution in [0.25, 0.3) is 0 Å². The van der Waals surface area contributed by atoms with E-state index in [2.05, 4.69) is 10.2 Å². The van der Waals surface area contributed by atoms with Crippen molar-refractivity contribution in [3.8, 4) is 0 Å².